The van der Waals surface area contributed by atoms with Gasteiger partial charge in [0.1, 0.15) is 5.52 Å². The van der Waals surface area contributed by atoms with Crippen LogP contribution in [0, 0.1) is 0 Å². The van der Waals surface area contributed by atoms with E-state index in [1.54, 1.807) is 12.5 Å². The van der Waals surface area contributed by atoms with Crippen molar-refractivity contribution in [1.82, 2.24) is 19.4 Å². The molecule has 0 radical (unpaired) electrons. The van der Waals surface area contributed by atoms with Crippen molar-refractivity contribution < 1.29 is 4.79 Å². The molecule has 0 fully saturated rings. The summed E-state index contributed by atoms with van der Waals surface area (Å²) in [4.78, 5) is 23.7. The van der Waals surface area contributed by atoms with Gasteiger partial charge in [0.2, 0.25) is 0 Å². The van der Waals surface area contributed by atoms with Crippen molar-refractivity contribution in [1.29, 1.82) is 0 Å². The van der Waals surface area contributed by atoms with Gasteiger partial charge in [0.15, 0.2) is 5.65 Å². The molecule has 0 saturated heterocycles. The molecule has 1 aliphatic carbocycles. The molecule has 0 N–H and O–H groups in total. The van der Waals surface area contributed by atoms with Crippen molar-refractivity contribution in [2.24, 2.45) is 0 Å². The average molecular weight is 334 g/mol. The fourth-order valence-corrected chi connectivity index (χ4v) is 3.59. The summed E-state index contributed by atoms with van der Waals surface area (Å²) < 4.78 is 2.01. The molecule has 1 aliphatic rings. The molecule has 2 heterocycles. The topological polar surface area (TPSA) is 51.0 Å². The van der Waals surface area contributed by atoms with Crippen LogP contribution in [0.1, 0.15) is 41.4 Å². The van der Waals surface area contributed by atoms with Crippen molar-refractivity contribution >= 4 is 17.1 Å². The van der Waals surface area contributed by atoms with Gasteiger partial charge in [-0.15, -0.1) is 0 Å². The van der Waals surface area contributed by atoms with E-state index in [0.29, 0.717) is 11.6 Å². The second-order valence-corrected chi connectivity index (χ2v) is 7.06. The quantitative estimate of drug-likeness (QED) is 0.739. The molecule has 1 aromatic carbocycles. The summed E-state index contributed by atoms with van der Waals surface area (Å²) in [7, 11) is 1.88. The molecule has 0 unspecified atom stereocenters. The third-order valence-corrected chi connectivity index (χ3v) is 5.11. The number of fused-ring (bicyclic) bond motifs is 2. The van der Waals surface area contributed by atoms with E-state index in [2.05, 4.69) is 48.1 Å². The van der Waals surface area contributed by atoms with E-state index >= 15 is 0 Å². The predicted octanol–water partition coefficient (Wildman–Crippen LogP) is 3.25. The number of benzene rings is 1. The van der Waals surface area contributed by atoms with Crippen molar-refractivity contribution in [2.75, 3.05) is 7.05 Å². The van der Waals surface area contributed by atoms with Crippen LogP contribution in [-0.4, -0.2) is 38.4 Å². The van der Waals surface area contributed by atoms with E-state index < -0.39 is 0 Å². The molecule has 0 aliphatic heterocycles. The monoisotopic (exact) mass is 334 g/mol. The van der Waals surface area contributed by atoms with Crippen LogP contribution in [0.3, 0.4) is 0 Å². The average Bonchev–Trinajstić information content (AvgIpc) is 3.23. The number of pyridine rings is 1. The predicted molar refractivity (Wildman–Crippen MR) is 97.6 cm³/mol. The number of amides is 1. The number of carbonyl (C=O) groups excluding carboxylic acids is 1. The maximum atomic E-state index is 12.9. The Morgan fingerprint density at radius 1 is 1.20 bits per heavy atom. The molecule has 0 bridgehead atoms. The molecule has 4 rings (SSSR count). The van der Waals surface area contributed by atoms with Crippen LogP contribution in [-0.2, 0) is 12.8 Å². The van der Waals surface area contributed by atoms with Gasteiger partial charge in [-0.25, -0.2) is 9.97 Å². The highest BCUT2D eigenvalue weighted by Gasteiger charge is 2.28. The summed E-state index contributed by atoms with van der Waals surface area (Å²) in [5.41, 5.74) is 4.87. The zero-order valence-electron chi connectivity index (χ0n) is 14.8. The largest absolute Gasteiger partial charge is 0.338 e. The van der Waals surface area contributed by atoms with Gasteiger partial charge in [-0.2, -0.15) is 0 Å². The van der Waals surface area contributed by atoms with Gasteiger partial charge >= 0.3 is 0 Å². The second kappa shape index (κ2) is 5.99. The summed E-state index contributed by atoms with van der Waals surface area (Å²) in [5, 5.41) is 0. The summed E-state index contributed by atoms with van der Waals surface area (Å²) >= 11 is 0. The Morgan fingerprint density at radius 2 is 1.88 bits per heavy atom. The third-order valence-electron chi connectivity index (χ3n) is 5.11. The molecule has 3 aromatic rings. The Balaban J connectivity index is 1.58. The first-order valence-electron chi connectivity index (χ1n) is 8.71. The highest BCUT2D eigenvalue weighted by Crippen LogP contribution is 2.26. The number of hydrogen-bond acceptors (Lipinski definition) is 3. The molecule has 128 valence electrons. The first-order valence-corrected chi connectivity index (χ1v) is 8.71. The second-order valence-electron chi connectivity index (χ2n) is 7.06. The van der Waals surface area contributed by atoms with Crippen LogP contribution < -0.4 is 0 Å². The molecule has 25 heavy (non-hydrogen) atoms. The van der Waals surface area contributed by atoms with Gasteiger partial charge in [-0.1, -0.05) is 24.3 Å². The first kappa shape index (κ1) is 15.8. The highest BCUT2D eigenvalue weighted by atomic mass is 16.2. The molecule has 1 amide bonds. The zero-order valence-corrected chi connectivity index (χ0v) is 14.8. The lowest BCUT2D eigenvalue weighted by Gasteiger charge is -2.24. The number of aromatic nitrogens is 3. The van der Waals surface area contributed by atoms with Gasteiger partial charge in [0.05, 0.1) is 11.9 Å². The van der Waals surface area contributed by atoms with Gasteiger partial charge in [-0.3, -0.25) is 4.79 Å². The van der Waals surface area contributed by atoms with Crippen LogP contribution >= 0.6 is 0 Å². The maximum absolute atomic E-state index is 12.9. The lowest BCUT2D eigenvalue weighted by Crippen LogP contribution is -2.37. The van der Waals surface area contributed by atoms with Crippen molar-refractivity contribution in [2.45, 2.75) is 38.8 Å². The Bertz CT molecular complexity index is 919. The summed E-state index contributed by atoms with van der Waals surface area (Å²) in [5.74, 6) is 0.00584. The van der Waals surface area contributed by atoms with Crippen LogP contribution in [0.5, 0.6) is 0 Å². The van der Waals surface area contributed by atoms with E-state index in [9.17, 15) is 4.79 Å². The Labute approximate surface area is 147 Å². The molecular weight excluding hydrogens is 312 g/mol. The van der Waals surface area contributed by atoms with E-state index in [1.165, 1.54) is 11.1 Å². The lowest BCUT2D eigenvalue weighted by atomic mass is 10.1. The maximum Gasteiger partial charge on any atom is 0.255 e. The van der Waals surface area contributed by atoms with E-state index in [-0.39, 0.29) is 11.9 Å². The third kappa shape index (κ3) is 2.69. The van der Waals surface area contributed by atoms with E-state index in [1.807, 2.05) is 22.6 Å². The van der Waals surface area contributed by atoms with Gasteiger partial charge in [0, 0.05) is 25.3 Å². The van der Waals surface area contributed by atoms with Crippen LogP contribution in [0.25, 0.3) is 11.2 Å². The number of nitrogens with zero attached hydrogens (tertiary/aromatic N) is 4. The first-order chi connectivity index (χ1) is 12.0. The van der Waals surface area contributed by atoms with Gasteiger partial charge in [0.25, 0.3) is 5.91 Å². The Kier molecular flexibility index (Phi) is 3.79. The molecular formula is C20H22N4O. The molecule has 0 atom stereocenters. The standard InChI is InChI=1S/C20H22N4O/c1-13(2)24-12-22-18-10-16(11-21-19(18)24)20(25)23(3)17-8-14-6-4-5-7-15(14)9-17/h4-7,10-13,17H,8-9H2,1-3H3. The van der Waals surface area contributed by atoms with E-state index in [4.69, 9.17) is 0 Å². The van der Waals surface area contributed by atoms with E-state index in [0.717, 1.165) is 24.0 Å². The minimum atomic E-state index is 0.00584. The smallest absolute Gasteiger partial charge is 0.255 e. The SMILES string of the molecule is CC(C)n1cnc2cc(C(=O)N(C)C3Cc4ccccc4C3)cnc21. The summed E-state index contributed by atoms with van der Waals surface area (Å²) in [6, 6.07) is 10.8. The van der Waals surface area contributed by atoms with Crippen LogP contribution in [0.4, 0.5) is 0 Å². The Morgan fingerprint density at radius 3 is 2.52 bits per heavy atom. The molecule has 5 heteroatoms. The normalized spacial score (nSPS) is 14.2. The minimum absolute atomic E-state index is 0.00584. The van der Waals surface area contributed by atoms with Crippen molar-refractivity contribution in [3.63, 3.8) is 0 Å². The number of imidazole rings is 1. The zero-order chi connectivity index (χ0) is 17.6. The molecule has 2 aromatic heterocycles. The van der Waals surface area contributed by atoms with Crippen LogP contribution in [0.2, 0.25) is 0 Å². The van der Waals surface area contributed by atoms with Crippen LogP contribution in [0.15, 0.2) is 42.9 Å². The molecule has 5 nitrogen and oxygen atoms in total. The number of hydrogen-bond donors (Lipinski definition) is 0. The van der Waals surface area contributed by atoms with Gasteiger partial charge < -0.3 is 9.47 Å². The summed E-state index contributed by atoms with van der Waals surface area (Å²) in [6.07, 6.45) is 5.28. The van der Waals surface area contributed by atoms with Crippen molar-refractivity contribution in [3.05, 3.63) is 59.5 Å². The molecule has 0 saturated carbocycles. The number of carbonyl (C=O) groups is 1. The van der Waals surface area contributed by atoms with Crippen molar-refractivity contribution in [3.8, 4) is 0 Å². The Hall–Kier alpha value is -2.69. The summed E-state index contributed by atoms with van der Waals surface area (Å²) in [6.45, 7) is 4.18. The lowest BCUT2D eigenvalue weighted by molar-refractivity contribution is 0.0737. The molecule has 0 spiro atoms. The highest BCUT2D eigenvalue weighted by molar-refractivity contribution is 5.96. The fraction of sp³-hybridized carbons (Fsp3) is 0.350. The minimum Gasteiger partial charge on any atom is -0.338 e. The fourth-order valence-electron chi connectivity index (χ4n) is 3.59. The van der Waals surface area contributed by atoms with Gasteiger partial charge in [-0.05, 0) is 43.9 Å². The number of likely N-dealkylation sites (N-methyl/N-ethyl adjacent to an activating group) is 1. The number of rotatable bonds is 3.